The van der Waals surface area contributed by atoms with Crippen LogP contribution in [-0.4, -0.2) is 18.3 Å². The van der Waals surface area contributed by atoms with Crippen LogP contribution in [0.15, 0.2) is 0 Å². The van der Waals surface area contributed by atoms with Gasteiger partial charge in [-0.05, 0) is 51.0 Å². The van der Waals surface area contributed by atoms with Crippen molar-refractivity contribution < 1.29 is 0 Å². The second kappa shape index (κ2) is 5.50. The smallest absolute Gasteiger partial charge is 0.00724 e. The Hall–Kier alpha value is -0.370. The van der Waals surface area contributed by atoms with E-state index in [1.165, 1.54) is 19.3 Å². The minimum atomic E-state index is 0.762. The van der Waals surface area contributed by atoms with Gasteiger partial charge in [-0.1, -0.05) is 13.8 Å². The third-order valence-electron chi connectivity index (χ3n) is 2.98. The van der Waals surface area contributed by atoms with Gasteiger partial charge in [0.25, 0.3) is 0 Å². The van der Waals surface area contributed by atoms with E-state index in [4.69, 9.17) is 5.41 Å². The first-order valence-electron chi connectivity index (χ1n) is 5.85. The Morgan fingerprint density at radius 1 is 1.43 bits per heavy atom. The van der Waals surface area contributed by atoms with Crippen molar-refractivity contribution in [1.82, 2.24) is 5.32 Å². The molecule has 2 nitrogen and oxygen atoms in total. The molecule has 14 heavy (non-hydrogen) atoms. The van der Waals surface area contributed by atoms with Gasteiger partial charge in [0.2, 0.25) is 0 Å². The van der Waals surface area contributed by atoms with E-state index in [9.17, 15) is 0 Å². The first kappa shape index (κ1) is 11.7. The lowest BCUT2D eigenvalue weighted by Crippen LogP contribution is -2.42. The predicted octanol–water partition coefficient (Wildman–Crippen LogP) is 2.83. The van der Waals surface area contributed by atoms with E-state index in [0.29, 0.717) is 0 Å². The molecule has 0 aromatic carbocycles. The molecule has 2 heteroatoms. The highest BCUT2D eigenvalue weighted by Gasteiger charge is 2.27. The zero-order chi connectivity index (χ0) is 10.6. The summed E-state index contributed by atoms with van der Waals surface area (Å²) in [6.07, 6.45) is 4.90. The highest BCUT2D eigenvalue weighted by molar-refractivity contribution is 5.78. The van der Waals surface area contributed by atoms with Gasteiger partial charge in [0.1, 0.15) is 0 Å². The molecule has 2 N–H and O–H groups in total. The lowest BCUT2D eigenvalue weighted by molar-refractivity contribution is 0.208. The standard InChI is InChI=1S/C12H24N2/c1-9(2)8-14-12-6-11(7-12)5-4-10(3)13/h9,11-14H,4-8H2,1-3H3. The molecule has 0 aromatic heterocycles. The summed E-state index contributed by atoms with van der Waals surface area (Å²) < 4.78 is 0. The number of rotatable bonds is 6. The number of hydrogen-bond donors (Lipinski definition) is 2. The van der Waals surface area contributed by atoms with Gasteiger partial charge in [0.15, 0.2) is 0 Å². The van der Waals surface area contributed by atoms with E-state index in [1.807, 2.05) is 6.92 Å². The summed E-state index contributed by atoms with van der Waals surface area (Å²) in [4.78, 5) is 0. The molecule has 0 spiro atoms. The highest BCUT2D eigenvalue weighted by atomic mass is 14.9. The third kappa shape index (κ3) is 4.23. The van der Waals surface area contributed by atoms with E-state index >= 15 is 0 Å². The Balaban J connectivity index is 1.97. The Bertz CT molecular complexity index is 181. The molecule has 1 fully saturated rings. The zero-order valence-corrected chi connectivity index (χ0v) is 9.77. The normalized spacial score (nSPS) is 26.3. The van der Waals surface area contributed by atoms with Crippen LogP contribution in [0.2, 0.25) is 0 Å². The van der Waals surface area contributed by atoms with Crippen LogP contribution in [-0.2, 0) is 0 Å². The molecule has 0 atom stereocenters. The minimum Gasteiger partial charge on any atom is -0.314 e. The second-order valence-electron chi connectivity index (χ2n) is 5.16. The monoisotopic (exact) mass is 196 g/mol. The third-order valence-corrected chi connectivity index (χ3v) is 2.98. The van der Waals surface area contributed by atoms with E-state index in [0.717, 1.165) is 36.6 Å². The fourth-order valence-electron chi connectivity index (χ4n) is 1.96. The summed E-state index contributed by atoms with van der Waals surface area (Å²) in [6, 6.07) is 0.772. The fourth-order valence-corrected chi connectivity index (χ4v) is 1.96. The summed E-state index contributed by atoms with van der Waals surface area (Å²) in [5, 5.41) is 10.9. The molecule has 0 aliphatic heterocycles. The molecular formula is C12H24N2. The second-order valence-corrected chi connectivity index (χ2v) is 5.16. The molecule has 1 aliphatic rings. The molecule has 1 rings (SSSR count). The first-order chi connectivity index (χ1) is 6.58. The van der Waals surface area contributed by atoms with Gasteiger partial charge in [-0.3, -0.25) is 0 Å². The Morgan fingerprint density at radius 2 is 2.07 bits per heavy atom. The highest BCUT2D eigenvalue weighted by Crippen LogP contribution is 2.31. The molecule has 1 saturated carbocycles. The van der Waals surface area contributed by atoms with E-state index in [2.05, 4.69) is 19.2 Å². The summed E-state index contributed by atoms with van der Waals surface area (Å²) in [7, 11) is 0. The maximum Gasteiger partial charge on any atom is 0.00724 e. The summed E-state index contributed by atoms with van der Waals surface area (Å²) >= 11 is 0. The molecular weight excluding hydrogens is 172 g/mol. The van der Waals surface area contributed by atoms with Crippen molar-refractivity contribution in [3.05, 3.63) is 0 Å². The van der Waals surface area contributed by atoms with Gasteiger partial charge < -0.3 is 10.7 Å². The molecule has 1 aliphatic carbocycles. The minimum absolute atomic E-state index is 0.762. The van der Waals surface area contributed by atoms with Crippen molar-refractivity contribution >= 4 is 5.71 Å². The molecule has 0 unspecified atom stereocenters. The van der Waals surface area contributed by atoms with Gasteiger partial charge >= 0.3 is 0 Å². The van der Waals surface area contributed by atoms with Crippen LogP contribution < -0.4 is 5.32 Å². The average molecular weight is 196 g/mol. The van der Waals surface area contributed by atoms with Crippen LogP contribution in [0.4, 0.5) is 0 Å². The number of nitrogens with one attached hydrogen (secondary N) is 2. The average Bonchev–Trinajstić information content (AvgIpc) is 1.99. The topological polar surface area (TPSA) is 35.9 Å². The maximum atomic E-state index is 7.36. The summed E-state index contributed by atoms with van der Waals surface area (Å²) in [5.41, 5.74) is 0.837. The Morgan fingerprint density at radius 3 is 2.57 bits per heavy atom. The van der Waals surface area contributed by atoms with Crippen LogP contribution in [0, 0.1) is 17.2 Å². The van der Waals surface area contributed by atoms with Crippen LogP contribution in [0.5, 0.6) is 0 Å². The summed E-state index contributed by atoms with van der Waals surface area (Å²) in [5.74, 6) is 1.65. The van der Waals surface area contributed by atoms with Gasteiger partial charge in [-0.2, -0.15) is 0 Å². The van der Waals surface area contributed by atoms with Crippen LogP contribution in [0.1, 0.15) is 46.5 Å². The van der Waals surface area contributed by atoms with Crippen LogP contribution in [0.3, 0.4) is 0 Å². The van der Waals surface area contributed by atoms with Gasteiger partial charge in [-0.25, -0.2) is 0 Å². The van der Waals surface area contributed by atoms with Gasteiger partial charge in [0, 0.05) is 11.8 Å². The quantitative estimate of drug-likeness (QED) is 0.630. The predicted molar refractivity (Wildman–Crippen MR) is 62.0 cm³/mol. The molecule has 82 valence electrons. The maximum absolute atomic E-state index is 7.36. The molecule has 0 bridgehead atoms. The lowest BCUT2D eigenvalue weighted by atomic mass is 9.77. The van der Waals surface area contributed by atoms with Crippen molar-refractivity contribution in [3.63, 3.8) is 0 Å². The van der Waals surface area contributed by atoms with Crippen molar-refractivity contribution in [3.8, 4) is 0 Å². The van der Waals surface area contributed by atoms with Crippen molar-refractivity contribution in [2.24, 2.45) is 11.8 Å². The van der Waals surface area contributed by atoms with Gasteiger partial charge in [-0.15, -0.1) is 0 Å². The fraction of sp³-hybridized carbons (Fsp3) is 0.917. The summed E-state index contributed by atoms with van der Waals surface area (Å²) in [6.45, 7) is 7.57. The molecule has 0 radical (unpaired) electrons. The van der Waals surface area contributed by atoms with Gasteiger partial charge in [0.05, 0.1) is 0 Å². The Labute approximate surface area is 88.0 Å². The molecule has 0 amide bonds. The van der Waals surface area contributed by atoms with Crippen LogP contribution >= 0.6 is 0 Å². The van der Waals surface area contributed by atoms with Crippen LogP contribution in [0.25, 0.3) is 0 Å². The van der Waals surface area contributed by atoms with Crippen molar-refractivity contribution in [2.75, 3.05) is 6.54 Å². The van der Waals surface area contributed by atoms with E-state index < -0.39 is 0 Å². The molecule has 0 saturated heterocycles. The van der Waals surface area contributed by atoms with E-state index in [1.54, 1.807) is 0 Å². The van der Waals surface area contributed by atoms with E-state index in [-0.39, 0.29) is 0 Å². The molecule has 0 heterocycles. The SMILES string of the molecule is CC(=N)CCC1CC(NCC(C)C)C1. The lowest BCUT2D eigenvalue weighted by Gasteiger charge is -2.36. The number of hydrogen-bond acceptors (Lipinski definition) is 2. The Kier molecular flexibility index (Phi) is 4.59. The largest absolute Gasteiger partial charge is 0.314 e. The zero-order valence-electron chi connectivity index (χ0n) is 9.77. The van der Waals surface area contributed by atoms with Crippen molar-refractivity contribution in [1.29, 1.82) is 5.41 Å². The first-order valence-corrected chi connectivity index (χ1v) is 5.85. The molecule has 0 aromatic rings. The van der Waals surface area contributed by atoms with Crippen molar-refractivity contribution in [2.45, 2.75) is 52.5 Å².